The van der Waals surface area contributed by atoms with Crippen LogP contribution in [0.5, 0.6) is 0 Å². The lowest BCUT2D eigenvalue weighted by Gasteiger charge is -1.89. The van der Waals surface area contributed by atoms with Crippen LogP contribution in [-0.4, -0.2) is 21.2 Å². The Hall–Kier alpha value is -2.04. The van der Waals surface area contributed by atoms with Crippen LogP contribution in [0.1, 0.15) is 16.1 Å². The van der Waals surface area contributed by atoms with E-state index in [1.807, 2.05) is 0 Å². The first-order valence-corrected chi connectivity index (χ1v) is 4.02. The number of nitrogens with one attached hydrogen (secondary N) is 1. The van der Waals surface area contributed by atoms with Crippen LogP contribution in [0.2, 0.25) is 0 Å². The number of rotatable bonds is 2. The number of aromatic carboxylic acids is 1. The largest absolute Gasteiger partial charge is 0.477 e. The number of carboxylic acid groups (broad SMARTS) is 1. The molecule has 5 nitrogen and oxygen atoms in total. The summed E-state index contributed by atoms with van der Waals surface area (Å²) in [5.74, 6) is -0.975. The van der Waals surface area contributed by atoms with Gasteiger partial charge < -0.3 is 14.6 Å². The van der Waals surface area contributed by atoms with Crippen molar-refractivity contribution in [1.82, 2.24) is 10.1 Å². The van der Waals surface area contributed by atoms with Crippen LogP contribution >= 0.6 is 0 Å². The van der Waals surface area contributed by atoms with E-state index >= 15 is 0 Å². The second-order valence-corrected chi connectivity index (χ2v) is 2.93. The van der Waals surface area contributed by atoms with E-state index < -0.39 is 5.97 Å². The highest BCUT2D eigenvalue weighted by atomic mass is 16.5. The van der Waals surface area contributed by atoms with Gasteiger partial charge in [-0.1, -0.05) is 5.16 Å². The molecule has 2 heterocycles. The fourth-order valence-electron chi connectivity index (χ4n) is 1.27. The molecule has 0 saturated carbocycles. The van der Waals surface area contributed by atoms with Crippen LogP contribution in [0.25, 0.3) is 11.4 Å². The highest BCUT2D eigenvalue weighted by Gasteiger charge is 2.13. The number of hydrogen-bond acceptors (Lipinski definition) is 3. The summed E-state index contributed by atoms with van der Waals surface area (Å²) in [4.78, 5) is 13.5. The quantitative estimate of drug-likeness (QED) is 0.758. The van der Waals surface area contributed by atoms with E-state index in [9.17, 15) is 4.79 Å². The maximum absolute atomic E-state index is 10.7. The molecule has 0 fully saturated rings. The lowest BCUT2D eigenvalue weighted by molar-refractivity contribution is 0.0690. The van der Waals surface area contributed by atoms with Crippen LogP contribution in [-0.2, 0) is 0 Å². The number of carbonyl (C=O) groups is 1. The Labute approximate surface area is 79.3 Å². The fourth-order valence-corrected chi connectivity index (χ4v) is 1.27. The zero-order valence-electron chi connectivity index (χ0n) is 7.44. The predicted octanol–water partition coefficient (Wildman–Crippen LogP) is 1.68. The third kappa shape index (κ3) is 1.28. The average molecular weight is 192 g/mol. The summed E-state index contributed by atoms with van der Waals surface area (Å²) < 4.78 is 4.66. The van der Waals surface area contributed by atoms with Crippen LogP contribution in [0.4, 0.5) is 0 Å². The summed E-state index contributed by atoms with van der Waals surface area (Å²) in [6.45, 7) is 1.73. The van der Waals surface area contributed by atoms with Gasteiger partial charge in [0.1, 0.15) is 17.7 Å². The molecule has 0 spiro atoms. The summed E-state index contributed by atoms with van der Waals surface area (Å²) in [5, 5.41) is 12.5. The molecule has 2 aromatic rings. The van der Waals surface area contributed by atoms with Crippen LogP contribution < -0.4 is 0 Å². The van der Waals surface area contributed by atoms with Crippen molar-refractivity contribution in [3.8, 4) is 11.4 Å². The standard InChI is InChI=1S/C9H8N2O3/c1-5-4-7(6-2-3-14-11-6)10-8(5)9(12)13/h2-4,10H,1H3,(H,12,13). The molecule has 0 unspecified atom stereocenters. The van der Waals surface area contributed by atoms with Gasteiger partial charge in [-0.25, -0.2) is 4.79 Å². The number of aryl methyl sites for hydroxylation is 1. The molecular weight excluding hydrogens is 184 g/mol. The maximum atomic E-state index is 10.7. The molecule has 72 valence electrons. The van der Waals surface area contributed by atoms with Crippen molar-refractivity contribution in [2.24, 2.45) is 0 Å². The summed E-state index contributed by atoms with van der Waals surface area (Å²) in [6, 6.07) is 3.39. The fraction of sp³-hybridized carbons (Fsp3) is 0.111. The van der Waals surface area contributed by atoms with Crippen molar-refractivity contribution < 1.29 is 14.4 Å². The van der Waals surface area contributed by atoms with Gasteiger partial charge in [-0.2, -0.15) is 0 Å². The summed E-state index contributed by atoms with van der Waals surface area (Å²) in [6.07, 6.45) is 1.44. The number of aromatic amines is 1. The molecule has 0 aliphatic heterocycles. The molecule has 0 amide bonds. The highest BCUT2D eigenvalue weighted by Crippen LogP contribution is 2.19. The van der Waals surface area contributed by atoms with E-state index in [0.717, 1.165) is 0 Å². The van der Waals surface area contributed by atoms with Gasteiger partial charge >= 0.3 is 5.97 Å². The number of nitrogens with zero attached hydrogens (tertiary/aromatic N) is 1. The lowest BCUT2D eigenvalue weighted by atomic mass is 10.2. The zero-order valence-corrected chi connectivity index (χ0v) is 7.44. The Morgan fingerprint density at radius 2 is 2.43 bits per heavy atom. The van der Waals surface area contributed by atoms with Crippen LogP contribution in [0.3, 0.4) is 0 Å². The molecule has 0 aliphatic carbocycles. The first kappa shape index (κ1) is 8.55. The topological polar surface area (TPSA) is 79.1 Å². The summed E-state index contributed by atoms with van der Waals surface area (Å²) in [7, 11) is 0. The number of carboxylic acids is 1. The van der Waals surface area contributed by atoms with Gasteiger partial charge in [0, 0.05) is 6.07 Å². The van der Waals surface area contributed by atoms with Crippen molar-refractivity contribution in [1.29, 1.82) is 0 Å². The molecule has 14 heavy (non-hydrogen) atoms. The Balaban J connectivity index is 2.48. The number of H-pyrrole nitrogens is 1. The molecule has 0 aromatic carbocycles. The third-order valence-corrected chi connectivity index (χ3v) is 1.94. The van der Waals surface area contributed by atoms with Crippen molar-refractivity contribution in [2.45, 2.75) is 6.92 Å². The molecule has 2 aromatic heterocycles. The molecular formula is C9H8N2O3. The average Bonchev–Trinajstić information content (AvgIpc) is 2.70. The summed E-state index contributed by atoms with van der Waals surface area (Å²) >= 11 is 0. The molecule has 0 aliphatic rings. The van der Waals surface area contributed by atoms with E-state index in [1.165, 1.54) is 6.26 Å². The Kier molecular flexibility index (Phi) is 1.85. The van der Waals surface area contributed by atoms with E-state index in [4.69, 9.17) is 5.11 Å². The molecule has 5 heteroatoms. The molecule has 2 N–H and O–H groups in total. The molecule has 0 saturated heterocycles. The Bertz CT molecular complexity index is 456. The van der Waals surface area contributed by atoms with Gasteiger partial charge in [0.2, 0.25) is 0 Å². The first-order valence-electron chi connectivity index (χ1n) is 4.02. The minimum atomic E-state index is -0.975. The van der Waals surface area contributed by atoms with Crippen molar-refractivity contribution in [3.63, 3.8) is 0 Å². The van der Waals surface area contributed by atoms with Gasteiger partial charge in [0.25, 0.3) is 0 Å². The van der Waals surface area contributed by atoms with Gasteiger partial charge in [-0.15, -0.1) is 0 Å². The monoisotopic (exact) mass is 192 g/mol. The highest BCUT2D eigenvalue weighted by molar-refractivity contribution is 5.88. The minimum absolute atomic E-state index is 0.183. The SMILES string of the molecule is Cc1cc(-c2ccon2)[nH]c1C(=O)O. The van der Waals surface area contributed by atoms with Crippen molar-refractivity contribution in [3.05, 3.63) is 29.7 Å². The second kappa shape index (κ2) is 3.02. The van der Waals surface area contributed by atoms with Gasteiger partial charge in [-0.05, 0) is 18.6 Å². The summed E-state index contributed by atoms with van der Waals surface area (Å²) in [5.41, 5.74) is 2.10. The second-order valence-electron chi connectivity index (χ2n) is 2.93. The molecule has 0 atom stereocenters. The first-order chi connectivity index (χ1) is 6.68. The van der Waals surface area contributed by atoms with E-state index in [-0.39, 0.29) is 5.69 Å². The van der Waals surface area contributed by atoms with Gasteiger partial charge in [0.05, 0.1) is 5.69 Å². The van der Waals surface area contributed by atoms with Gasteiger partial charge in [-0.3, -0.25) is 0 Å². The van der Waals surface area contributed by atoms with Gasteiger partial charge in [0.15, 0.2) is 0 Å². The normalized spacial score (nSPS) is 10.4. The Morgan fingerprint density at radius 1 is 1.64 bits per heavy atom. The number of hydrogen-bond donors (Lipinski definition) is 2. The van der Waals surface area contributed by atoms with Crippen LogP contribution in [0, 0.1) is 6.92 Å². The molecule has 0 radical (unpaired) electrons. The van der Waals surface area contributed by atoms with E-state index in [1.54, 1.807) is 19.1 Å². The zero-order chi connectivity index (χ0) is 10.1. The van der Waals surface area contributed by atoms with Crippen molar-refractivity contribution >= 4 is 5.97 Å². The molecule has 0 bridgehead atoms. The number of aromatic nitrogens is 2. The predicted molar refractivity (Wildman–Crippen MR) is 48.0 cm³/mol. The minimum Gasteiger partial charge on any atom is -0.477 e. The smallest absolute Gasteiger partial charge is 0.352 e. The van der Waals surface area contributed by atoms with Crippen LogP contribution in [0.15, 0.2) is 22.9 Å². The lowest BCUT2D eigenvalue weighted by Crippen LogP contribution is -1.98. The van der Waals surface area contributed by atoms with E-state index in [2.05, 4.69) is 14.7 Å². The molecule has 2 rings (SSSR count). The third-order valence-electron chi connectivity index (χ3n) is 1.94. The maximum Gasteiger partial charge on any atom is 0.352 e. The van der Waals surface area contributed by atoms with E-state index in [0.29, 0.717) is 17.0 Å². The Morgan fingerprint density at radius 3 is 2.93 bits per heavy atom. The van der Waals surface area contributed by atoms with Crippen molar-refractivity contribution in [2.75, 3.05) is 0 Å².